The van der Waals surface area contributed by atoms with Gasteiger partial charge in [-0.2, -0.15) is 0 Å². The molecule has 0 aliphatic carbocycles. The lowest BCUT2D eigenvalue weighted by atomic mass is 10.2. The van der Waals surface area contributed by atoms with Gasteiger partial charge in [-0.15, -0.1) is 12.6 Å². The van der Waals surface area contributed by atoms with Crippen molar-refractivity contribution in [2.45, 2.75) is 39.5 Å². The van der Waals surface area contributed by atoms with Gasteiger partial charge in [-0.1, -0.05) is 45.9 Å². The van der Waals surface area contributed by atoms with Gasteiger partial charge >= 0.3 is 0 Å². The standard InChI is InChI=1S/C7H8S.C4H11N.C2H6/c1-6-4-2-3-5-7(6)8;1-3-5-4-2;1-2/h2-5,8H,1H3;5H,3-4H2,1-2H3;1-2H3. The van der Waals surface area contributed by atoms with E-state index in [2.05, 4.69) is 31.8 Å². The number of nitrogens with one attached hydrogen (secondary N) is 1. The smallest absolute Gasteiger partial charge is 0.00692 e. The van der Waals surface area contributed by atoms with Gasteiger partial charge in [-0.25, -0.2) is 0 Å². The summed E-state index contributed by atoms with van der Waals surface area (Å²) in [6, 6.07) is 8.02. The molecule has 1 nitrogen and oxygen atoms in total. The second-order valence-corrected chi connectivity index (χ2v) is 3.23. The van der Waals surface area contributed by atoms with Crippen LogP contribution >= 0.6 is 12.6 Å². The highest BCUT2D eigenvalue weighted by atomic mass is 32.1. The molecule has 88 valence electrons. The van der Waals surface area contributed by atoms with Gasteiger partial charge in [0.2, 0.25) is 0 Å². The summed E-state index contributed by atoms with van der Waals surface area (Å²) in [6.07, 6.45) is 0. The minimum atomic E-state index is 1.06. The average Bonchev–Trinajstić information content (AvgIpc) is 2.27. The molecule has 0 unspecified atom stereocenters. The van der Waals surface area contributed by atoms with Crippen molar-refractivity contribution in [2.24, 2.45) is 0 Å². The molecule has 0 radical (unpaired) electrons. The maximum Gasteiger partial charge on any atom is 0.00692 e. The Kier molecular flexibility index (Phi) is 15.3. The van der Waals surface area contributed by atoms with Crippen LogP contribution in [-0.4, -0.2) is 13.1 Å². The van der Waals surface area contributed by atoms with Crippen LogP contribution in [0.3, 0.4) is 0 Å². The minimum absolute atomic E-state index is 1.06. The monoisotopic (exact) mass is 227 g/mol. The molecule has 2 heteroatoms. The van der Waals surface area contributed by atoms with E-state index in [1.165, 1.54) is 5.56 Å². The Morgan fingerprint density at radius 2 is 1.53 bits per heavy atom. The fraction of sp³-hybridized carbons (Fsp3) is 0.538. The molecule has 1 aromatic carbocycles. The van der Waals surface area contributed by atoms with Gasteiger partial charge in [0.05, 0.1) is 0 Å². The Balaban J connectivity index is 0. The maximum atomic E-state index is 4.20. The Morgan fingerprint density at radius 1 is 1.07 bits per heavy atom. The van der Waals surface area contributed by atoms with E-state index in [-0.39, 0.29) is 0 Å². The highest BCUT2D eigenvalue weighted by Gasteiger charge is 1.84. The van der Waals surface area contributed by atoms with Crippen molar-refractivity contribution in [3.63, 3.8) is 0 Å². The second kappa shape index (κ2) is 13.5. The molecule has 0 aromatic heterocycles. The molecule has 0 spiro atoms. The summed E-state index contributed by atoms with van der Waals surface area (Å²) in [4.78, 5) is 1.06. The number of aryl methyl sites for hydroxylation is 1. The fourth-order valence-electron chi connectivity index (χ4n) is 0.813. The Bertz CT molecular complexity index is 201. The molecule has 0 bridgehead atoms. The SMILES string of the molecule is CC.CCNCC.Cc1ccccc1S. The topological polar surface area (TPSA) is 12.0 Å². The normalized spacial score (nSPS) is 8.13. The number of rotatable bonds is 2. The molecule has 0 saturated heterocycles. The summed E-state index contributed by atoms with van der Waals surface area (Å²) in [5.41, 5.74) is 1.23. The van der Waals surface area contributed by atoms with E-state index in [0.717, 1.165) is 18.0 Å². The summed E-state index contributed by atoms with van der Waals surface area (Å²) in [5, 5.41) is 3.11. The quantitative estimate of drug-likeness (QED) is 0.730. The summed E-state index contributed by atoms with van der Waals surface area (Å²) in [6.45, 7) is 12.4. The molecule has 0 atom stereocenters. The lowest BCUT2D eigenvalue weighted by Gasteiger charge is -1.92. The lowest BCUT2D eigenvalue weighted by Crippen LogP contribution is -2.09. The third kappa shape index (κ3) is 11.5. The van der Waals surface area contributed by atoms with E-state index in [0.29, 0.717) is 0 Å². The highest BCUT2D eigenvalue weighted by molar-refractivity contribution is 7.80. The van der Waals surface area contributed by atoms with Crippen LogP contribution in [0.2, 0.25) is 0 Å². The molecule has 0 aliphatic rings. The van der Waals surface area contributed by atoms with Crippen molar-refractivity contribution >= 4 is 12.6 Å². The molecule has 0 heterocycles. The van der Waals surface area contributed by atoms with Gasteiger partial charge < -0.3 is 5.32 Å². The molecular formula is C13H25NS. The molecule has 15 heavy (non-hydrogen) atoms. The number of benzene rings is 1. The Labute approximate surface area is 101 Å². The van der Waals surface area contributed by atoms with Crippen molar-refractivity contribution in [1.82, 2.24) is 5.32 Å². The van der Waals surface area contributed by atoms with E-state index < -0.39 is 0 Å². The van der Waals surface area contributed by atoms with Crippen molar-refractivity contribution in [2.75, 3.05) is 13.1 Å². The molecule has 0 fully saturated rings. The number of hydrogen-bond acceptors (Lipinski definition) is 2. The van der Waals surface area contributed by atoms with Crippen LogP contribution in [0, 0.1) is 6.92 Å². The molecule has 0 aliphatic heterocycles. The molecular weight excluding hydrogens is 202 g/mol. The molecule has 0 amide bonds. The van der Waals surface area contributed by atoms with Crippen LogP contribution in [0.25, 0.3) is 0 Å². The van der Waals surface area contributed by atoms with E-state index in [9.17, 15) is 0 Å². The lowest BCUT2D eigenvalue weighted by molar-refractivity contribution is 0.762. The summed E-state index contributed by atoms with van der Waals surface area (Å²) in [7, 11) is 0. The zero-order valence-corrected chi connectivity index (χ0v) is 11.6. The van der Waals surface area contributed by atoms with Crippen LogP contribution in [0.1, 0.15) is 33.3 Å². The zero-order chi connectivity index (χ0) is 12.1. The van der Waals surface area contributed by atoms with Crippen molar-refractivity contribution in [1.29, 1.82) is 0 Å². The predicted octanol–water partition coefficient (Wildman–Crippen LogP) is 3.93. The summed E-state index contributed by atoms with van der Waals surface area (Å²) in [5.74, 6) is 0. The molecule has 1 aromatic rings. The van der Waals surface area contributed by atoms with Gasteiger partial charge in [0.25, 0.3) is 0 Å². The first-order chi connectivity index (χ1) is 7.22. The van der Waals surface area contributed by atoms with E-state index in [1.54, 1.807) is 0 Å². The second-order valence-electron chi connectivity index (χ2n) is 2.74. The minimum Gasteiger partial charge on any atom is -0.317 e. The van der Waals surface area contributed by atoms with E-state index >= 15 is 0 Å². The average molecular weight is 227 g/mol. The van der Waals surface area contributed by atoms with Crippen molar-refractivity contribution in [3.8, 4) is 0 Å². The molecule has 0 saturated carbocycles. The maximum absolute atomic E-state index is 4.20. The van der Waals surface area contributed by atoms with E-state index in [4.69, 9.17) is 0 Å². The van der Waals surface area contributed by atoms with Gasteiger partial charge in [0, 0.05) is 4.90 Å². The fourth-order valence-corrected chi connectivity index (χ4v) is 0.974. The first-order valence-electron chi connectivity index (χ1n) is 5.67. The van der Waals surface area contributed by atoms with Gasteiger partial charge in [0.1, 0.15) is 0 Å². The summed E-state index contributed by atoms with van der Waals surface area (Å²) < 4.78 is 0. The highest BCUT2D eigenvalue weighted by Crippen LogP contribution is 2.09. The third-order valence-electron chi connectivity index (χ3n) is 1.62. The van der Waals surface area contributed by atoms with Gasteiger partial charge in [-0.3, -0.25) is 0 Å². The van der Waals surface area contributed by atoms with Crippen LogP contribution < -0.4 is 5.32 Å². The van der Waals surface area contributed by atoms with Crippen LogP contribution in [0.5, 0.6) is 0 Å². The van der Waals surface area contributed by atoms with Crippen molar-refractivity contribution < 1.29 is 0 Å². The molecule has 1 rings (SSSR count). The van der Waals surface area contributed by atoms with Gasteiger partial charge in [-0.05, 0) is 31.6 Å². The van der Waals surface area contributed by atoms with Crippen LogP contribution in [0.15, 0.2) is 29.2 Å². The zero-order valence-electron chi connectivity index (χ0n) is 10.7. The largest absolute Gasteiger partial charge is 0.317 e. The van der Waals surface area contributed by atoms with Crippen LogP contribution in [-0.2, 0) is 0 Å². The van der Waals surface area contributed by atoms with Crippen molar-refractivity contribution in [3.05, 3.63) is 29.8 Å². The first-order valence-corrected chi connectivity index (χ1v) is 6.12. The van der Waals surface area contributed by atoms with Gasteiger partial charge in [0.15, 0.2) is 0 Å². The Morgan fingerprint density at radius 3 is 1.73 bits per heavy atom. The number of thiol groups is 1. The number of hydrogen-bond donors (Lipinski definition) is 2. The Hall–Kier alpha value is -0.470. The third-order valence-corrected chi connectivity index (χ3v) is 2.12. The predicted molar refractivity (Wildman–Crippen MR) is 74.0 cm³/mol. The first kappa shape index (κ1) is 16.9. The van der Waals surface area contributed by atoms with E-state index in [1.807, 2.05) is 45.0 Å². The summed E-state index contributed by atoms with van der Waals surface area (Å²) >= 11 is 4.20. The van der Waals surface area contributed by atoms with Crippen LogP contribution in [0.4, 0.5) is 0 Å². The molecule has 1 N–H and O–H groups in total.